The average molecular weight is 348 g/mol. The van der Waals surface area contributed by atoms with Crippen molar-refractivity contribution < 1.29 is 4.79 Å². The van der Waals surface area contributed by atoms with Crippen LogP contribution in [0.4, 0.5) is 0 Å². The molecule has 0 saturated heterocycles. The summed E-state index contributed by atoms with van der Waals surface area (Å²) in [6, 6.07) is 10.4. The largest absolute Gasteiger partial charge is 0.349 e. The lowest BCUT2D eigenvalue weighted by atomic mass is 9.95. The molecule has 0 atom stereocenters. The Hall–Kier alpha value is -2.87. The van der Waals surface area contributed by atoms with Crippen LogP contribution in [0.2, 0.25) is 0 Å². The lowest BCUT2D eigenvalue weighted by molar-refractivity contribution is -0.117. The molecule has 2 aromatic rings. The van der Waals surface area contributed by atoms with Crippen molar-refractivity contribution >= 4 is 12.0 Å². The van der Waals surface area contributed by atoms with E-state index in [1.54, 1.807) is 12.3 Å². The molecule has 0 radical (unpaired) electrons. The van der Waals surface area contributed by atoms with Gasteiger partial charge < -0.3 is 5.32 Å². The molecule has 1 saturated carbocycles. The maximum atomic E-state index is 12.5. The molecule has 1 heterocycles. The van der Waals surface area contributed by atoms with Gasteiger partial charge >= 0.3 is 0 Å². The highest BCUT2D eigenvalue weighted by Crippen LogP contribution is 2.24. The number of hydrogen-bond acceptors (Lipinski definition) is 3. The first-order valence-corrected chi connectivity index (χ1v) is 9.26. The third kappa shape index (κ3) is 4.20. The first-order chi connectivity index (χ1) is 12.7. The van der Waals surface area contributed by atoms with Gasteiger partial charge in [0.2, 0.25) is 0 Å². The second kappa shape index (κ2) is 8.48. The minimum atomic E-state index is -0.298. The lowest BCUT2D eigenvalue weighted by Crippen LogP contribution is -2.36. The summed E-state index contributed by atoms with van der Waals surface area (Å²) in [4.78, 5) is 12.5. The fourth-order valence-electron chi connectivity index (χ4n) is 3.36. The number of aryl methyl sites for hydroxylation is 1. The van der Waals surface area contributed by atoms with Gasteiger partial charge in [0.25, 0.3) is 5.91 Å². The molecule has 0 aliphatic heterocycles. The van der Waals surface area contributed by atoms with Crippen LogP contribution in [-0.4, -0.2) is 22.1 Å². The van der Waals surface area contributed by atoms with Crippen LogP contribution < -0.4 is 5.32 Å². The summed E-state index contributed by atoms with van der Waals surface area (Å²) < 4.78 is 0. The number of aromatic amines is 1. The molecule has 2 N–H and O–H groups in total. The Balaban J connectivity index is 1.80. The zero-order valence-corrected chi connectivity index (χ0v) is 15.1. The molecule has 1 aliphatic rings. The van der Waals surface area contributed by atoms with Gasteiger partial charge in [-0.2, -0.15) is 10.4 Å². The Labute approximate surface area is 154 Å². The van der Waals surface area contributed by atoms with Crippen LogP contribution in [0.25, 0.3) is 17.3 Å². The summed E-state index contributed by atoms with van der Waals surface area (Å²) in [7, 11) is 0. The van der Waals surface area contributed by atoms with Crippen molar-refractivity contribution in [2.75, 3.05) is 0 Å². The van der Waals surface area contributed by atoms with E-state index in [-0.39, 0.29) is 17.5 Å². The maximum absolute atomic E-state index is 12.5. The molecule has 26 heavy (non-hydrogen) atoms. The zero-order chi connectivity index (χ0) is 18.4. The van der Waals surface area contributed by atoms with Gasteiger partial charge in [0.1, 0.15) is 11.6 Å². The molecule has 1 aromatic carbocycles. The summed E-state index contributed by atoms with van der Waals surface area (Å²) >= 11 is 0. The van der Waals surface area contributed by atoms with Crippen LogP contribution in [0.15, 0.2) is 36.0 Å². The number of carbonyl (C=O) groups is 1. The first kappa shape index (κ1) is 17.9. The minimum Gasteiger partial charge on any atom is -0.349 e. The number of amides is 1. The van der Waals surface area contributed by atoms with Crippen LogP contribution >= 0.6 is 0 Å². The Morgan fingerprint density at radius 3 is 2.69 bits per heavy atom. The Kier molecular flexibility index (Phi) is 5.85. The molecular formula is C21H24N4O. The van der Waals surface area contributed by atoms with Crippen molar-refractivity contribution in [3.05, 3.63) is 47.2 Å². The summed E-state index contributed by atoms with van der Waals surface area (Å²) in [6.07, 6.45) is 9.72. The molecule has 0 spiro atoms. The van der Waals surface area contributed by atoms with Crippen LogP contribution in [-0.2, 0) is 11.2 Å². The predicted molar refractivity (Wildman–Crippen MR) is 102 cm³/mol. The van der Waals surface area contributed by atoms with Crippen LogP contribution in [0.5, 0.6) is 0 Å². The first-order valence-electron chi connectivity index (χ1n) is 9.26. The third-order valence-electron chi connectivity index (χ3n) is 4.92. The highest BCUT2D eigenvalue weighted by Gasteiger charge is 2.18. The van der Waals surface area contributed by atoms with Gasteiger partial charge in [-0.15, -0.1) is 0 Å². The minimum absolute atomic E-state index is 0.114. The molecule has 5 heteroatoms. The monoisotopic (exact) mass is 348 g/mol. The summed E-state index contributed by atoms with van der Waals surface area (Å²) in [5, 5.41) is 19.5. The van der Waals surface area contributed by atoms with E-state index >= 15 is 0 Å². The van der Waals surface area contributed by atoms with Crippen LogP contribution in [0.1, 0.15) is 50.2 Å². The number of rotatable bonds is 5. The molecule has 134 valence electrons. The van der Waals surface area contributed by atoms with E-state index in [4.69, 9.17) is 0 Å². The number of nitrogens with zero attached hydrogens (tertiary/aromatic N) is 2. The highest BCUT2D eigenvalue weighted by molar-refractivity contribution is 6.02. The van der Waals surface area contributed by atoms with Gasteiger partial charge in [-0.1, -0.05) is 50.5 Å². The predicted octanol–water partition coefficient (Wildman–Crippen LogP) is 3.99. The van der Waals surface area contributed by atoms with Gasteiger partial charge in [-0.3, -0.25) is 9.89 Å². The van der Waals surface area contributed by atoms with Gasteiger partial charge in [0.05, 0.1) is 11.9 Å². The number of hydrogen-bond donors (Lipinski definition) is 2. The number of nitriles is 1. The molecule has 0 unspecified atom stereocenters. The van der Waals surface area contributed by atoms with Crippen LogP contribution in [0.3, 0.4) is 0 Å². The van der Waals surface area contributed by atoms with E-state index in [1.165, 1.54) is 12.0 Å². The standard InChI is InChI=1S/C21H24N4O/c1-2-15-8-10-16(11-9-15)20-18(14-23-25-20)12-17(13-22)21(26)24-19-6-4-3-5-7-19/h8-12,14,19H,2-7H2,1H3,(H,23,25)(H,24,26)/b17-12+. The number of aromatic nitrogens is 2. The normalized spacial score (nSPS) is 15.5. The van der Waals surface area contributed by atoms with Crippen molar-refractivity contribution in [1.29, 1.82) is 5.26 Å². The van der Waals surface area contributed by atoms with E-state index in [2.05, 4.69) is 34.6 Å². The topological polar surface area (TPSA) is 81.6 Å². The summed E-state index contributed by atoms with van der Waals surface area (Å²) in [6.45, 7) is 2.11. The van der Waals surface area contributed by atoms with Gasteiger partial charge in [-0.25, -0.2) is 0 Å². The number of H-pyrrole nitrogens is 1. The summed E-state index contributed by atoms with van der Waals surface area (Å²) in [5.74, 6) is -0.298. The number of nitrogens with one attached hydrogen (secondary N) is 2. The van der Waals surface area contributed by atoms with Gasteiger partial charge in [0.15, 0.2) is 0 Å². The van der Waals surface area contributed by atoms with E-state index < -0.39 is 0 Å². The lowest BCUT2D eigenvalue weighted by Gasteiger charge is -2.22. The molecule has 0 bridgehead atoms. The van der Waals surface area contributed by atoms with Gasteiger partial charge in [0, 0.05) is 17.2 Å². The fourth-order valence-corrected chi connectivity index (χ4v) is 3.36. The van der Waals surface area contributed by atoms with E-state index in [1.807, 2.05) is 18.2 Å². The third-order valence-corrected chi connectivity index (χ3v) is 4.92. The number of carbonyl (C=O) groups excluding carboxylic acids is 1. The smallest absolute Gasteiger partial charge is 0.262 e. The Bertz CT molecular complexity index is 820. The molecule has 5 nitrogen and oxygen atoms in total. The molecule has 1 aromatic heterocycles. The van der Waals surface area contributed by atoms with Crippen molar-refractivity contribution in [1.82, 2.24) is 15.5 Å². The second-order valence-corrected chi connectivity index (χ2v) is 6.73. The molecule has 1 amide bonds. The molecule has 3 rings (SSSR count). The van der Waals surface area contributed by atoms with E-state index in [0.717, 1.165) is 48.9 Å². The van der Waals surface area contributed by atoms with Crippen molar-refractivity contribution in [3.8, 4) is 17.3 Å². The van der Waals surface area contributed by atoms with E-state index in [0.29, 0.717) is 0 Å². The van der Waals surface area contributed by atoms with Crippen LogP contribution in [0, 0.1) is 11.3 Å². The quantitative estimate of drug-likeness (QED) is 0.633. The maximum Gasteiger partial charge on any atom is 0.262 e. The summed E-state index contributed by atoms with van der Waals surface area (Å²) in [5.41, 5.74) is 3.91. The van der Waals surface area contributed by atoms with Crippen molar-refractivity contribution in [2.45, 2.75) is 51.5 Å². The fraction of sp³-hybridized carbons (Fsp3) is 0.381. The molecule has 1 aliphatic carbocycles. The average Bonchev–Trinajstić information content (AvgIpc) is 3.15. The SMILES string of the molecule is CCc1ccc(-c2[nH]ncc2/C=C(\C#N)C(=O)NC2CCCCC2)cc1. The van der Waals surface area contributed by atoms with E-state index in [9.17, 15) is 10.1 Å². The van der Waals surface area contributed by atoms with Gasteiger partial charge in [-0.05, 0) is 30.9 Å². The van der Waals surface area contributed by atoms with Crippen molar-refractivity contribution in [2.24, 2.45) is 0 Å². The Morgan fingerprint density at radius 2 is 2.04 bits per heavy atom. The Morgan fingerprint density at radius 1 is 1.31 bits per heavy atom. The zero-order valence-electron chi connectivity index (χ0n) is 15.1. The second-order valence-electron chi connectivity index (χ2n) is 6.73. The molecular weight excluding hydrogens is 324 g/mol. The van der Waals surface area contributed by atoms with Crippen molar-refractivity contribution in [3.63, 3.8) is 0 Å². The number of benzene rings is 1. The highest BCUT2D eigenvalue weighted by atomic mass is 16.1. The molecule has 1 fully saturated rings.